The van der Waals surface area contributed by atoms with Crippen LogP contribution in [0.25, 0.3) is 0 Å². The molecule has 4 bridgehead atoms. The normalized spacial score (nSPS) is 43.9. The minimum Gasteiger partial charge on any atom is -0.389 e. The third kappa shape index (κ3) is 1.78. The maximum Gasteiger partial charge on any atom is 0.0745 e. The molecule has 19 heavy (non-hydrogen) atoms. The fourth-order valence-corrected chi connectivity index (χ4v) is 5.29. The smallest absolute Gasteiger partial charge is 0.0745 e. The van der Waals surface area contributed by atoms with E-state index in [9.17, 15) is 5.11 Å². The molecule has 0 spiro atoms. The molecule has 4 aliphatic rings. The molecule has 4 aliphatic carbocycles. The highest BCUT2D eigenvalue weighted by molar-refractivity contribution is 5.15. The van der Waals surface area contributed by atoms with Crippen LogP contribution in [0.2, 0.25) is 0 Å². The topological polar surface area (TPSA) is 38.0 Å². The largest absolute Gasteiger partial charge is 0.389 e. The van der Waals surface area contributed by atoms with Crippen LogP contribution in [-0.2, 0) is 13.0 Å². The second-order valence-corrected chi connectivity index (χ2v) is 7.18. The third-order valence-electron chi connectivity index (χ3n) is 6.05. The Bertz CT molecular complexity index is 451. The van der Waals surface area contributed by atoms with Gasteiger partial charge < -0.3 is 5.11 Å². The Labute approximate surface area is 115 Å². The first-order valence-electron chi connectivity index (χ1n) is 7.91. The van der Waals surface area contributed by atoms with E-state index in [4.69, 9.17) is 0 Å². The lowest BCUT2D eigenvalue weighted by atomic mass is 9.49. The van der Waals surface area contributed by atoms with Crippen molar-refractivity contribution in [2.45, 2.75) is 57.6 Å². The standard InChI is InChI=1S/C16H24N2O/c1-2-18-10-13(9-17-18)8-16(19)14-4-11-3-12(6-14)7-15(16)5-11/h9-12,14-15,19H,2-8H2,1H3. The highest BCUT2D eigenvalue weighted by atomic mass is 16.3. The molecule has 0 radical (unpaired) electrons. The van der Waals surface area contributed by atoms with E-state index >= 15 is 0 Å². The van der Waals surface area contributed by atoms with Gasteiger partial charge in [0, 0.05) is 19.2 Å². The van der Waals surface area contributed by atoms with Gasteiger partial charge in [0.1, 0.15) is 0 Å². The Hall–Kier alpha value is -0.830. The number of hydrogen-bond acceptors (Lipinski definition) is 2. The number of aromatic nitrogens is 2. The Balaban J connectivity index is 1.59. The Morgan fingerprint density at radius 3 is 2.37 bits per heavy atom. The summed E-state index contributed by atoms with van der Waals surface area (Å²) in [5, 5.41) is 15.6. The van der Waals surface area contributed by atoms with Crippen molar-refractivity contribution in [3.63, 3.8) is 0 Å². The van der Waals surface area contributed by atoms with Crippen LogP contribution in [0.4, 0.5) is 0 Å². The van der Waals surface area contributed by atoms with Gasteiger partial charge in [0.2, 0.25) is 0 Å². The van der Waals surface area contributed by atoms with E-state index in [1.165, 1.54) is 37.7 Å². The minimum absolute atomic E-state index is 0.435. The molecule has 5 rings (SSSR count). The number of hydrogen-bond donors (Lipinski definition) is 1. The SMILES string of the molecule is CCn1cc(CC2(O)C3CC4CC(C3)CC2C4)cn1. The van der Waals surface area contributed by atoms with E-state index in [1.807, 2.05) is 10.9 Å². The predicted octanol–water partition coefficient (Wildman–Crippen LogP) is 2.63. The average molecular weight is 260 g/mol. The average Bonchev–Trinajstić information content (AvgIpc) is 2.83. The maximum atomic E-state index is 11.3. The Morgan fingerprint density at radius 1 is 1.21 bits per heavy atom. The van der Waals surface area contributed by atoms with Gasteiger partial charge in [0.05, 0.1) is 11.8 Å². The van der Waals surface area contributed by atoms with Crippen LogP contribution in [0.3, 0.4) is 0 Å². The summed E-state index contributed by atoms with van der Waals surface area (Å²) in [7, 11) is 0. The summed E-state index contributed by atoms with van der Waals surface area (Å²) in [5.41, 5.74) is 0.784. The van der Waals surface area contributed by atoms with E-state index < -0.39 is 5.60 Å². The predicted molar refractivity (Wildman–Crippen MR) is 73.6 cm³/mol. The molecule has 0 unspecified atom stereocenters. The first-order chi connectivity index (χ1) is 9.17. The van der Waals surface area contributed by atoms with E-state index in [1.54, 1.807) is 0 Å². The molecule has 1 aromatic heterocycles. The van der Waals surface area contributed by atoms with E-state index in [-0.39, 0.29) is 0 Å². The number of aryl methyl sites for hydroxylation is 1. The van der Waals surface area contributed by atoms with Crippen molar-refractivity contribution in [2.24, 2.45) is 23.7 Å². The lowest BCUT2D eigenvalue weighted by Gasteiger charge is -2.59. The summed E-state index contributed by atoms with van der Waals surface area (Å²) < 4.78 is 1.97. The zero-order valence-corrected chi connectivity index (χ0v) is 11.8. The molecule has 0 aromatic carbocycles. The summed E-state index contributed by atoms with van der Waals surface area (Å²) in [4.78, 5) is 0. The molecule has 3 heteroatoms. The van der Waals surface area contributed by atoms with Crippen LogP contribution in [-0.4, -0.2) is 20.5 Å². The van der Waals surface area contributed by atoms with Crippen LogP contribution in [0.15, 0.2) is 12.4 Å². The van der Waals surface area contributed by atoms with Crippen LogP contribution >= 0.6 is 0 Å². The summed E-state index contributed by atoms with van der Waals surface area (Å²) in [6.07, 6.45) is 11.4. The fourth-order valence-electron chi connectivity index (χ4n) is 5.29. The highest BCUT2D eigenvalue weighted by Gasteiger charge is 2.56. The maximum absolute atomic E-state index is 11.3. The molecular formula is C16H24N2O. The summed E-state index contributed by atoms with van der Waals surface area (Å²) in [6, 6.07) is 0. The first-order valence-corrected chi connectivity index (χ1v) is 7.91. The number of rotatable bonds is 3. The van der Waals surface area contributed by atoms with Gasteiger partial charge in [-0.25, -0.2) is 0 Å². The summed E-state index contributed by atoms with van der Waals surface area (Å²) >= 11 is 0. The number of aliphatic hydroxyl groups is 1. The van der Waals surface area contributed by atoms with Crippen LogP contribution in [0.1, 0.15) is 44.6 Å². The van der Waals surface area contributed by atoms with Gasteiger partial charge in [0.15, 0.2) is 0 Å². The second kappa shape index (κ2) is 4.08. The summed E-state index contributed by atoms with van der Waals surface area (Å²) in [5.74, 6) is 2.93. The molecule has 4 saturated carbocycles. The molecule has 1 aromatic rings. The van der Waals surface area contributed by atoms with Crippen LogP contribution < -0.4 is 0 Å². The third-order valence-corrected chi connectivity index (χ3v) is 6.05. The van der Waals surface area contributed by atoms with Crippen molar-refractivity contribution in [1.82, 2.24) is 9.78 Å². The number of nitrogens with zero attached hydrogens (tertiary/aromatic N) is 2. The van der Waals surface area contributed by atoms with Crippen LogP contribution in [0, 0.1) is 23.7 Å². The van der Waals surface area contributed by atoms with Gasteiger partial charge in [0.25, 0.3) is 0 Å². The van der Waals surface area contributed by atoms with Gasteiger partial charge in [-0.05, 0) is 68.3 Å². The molecular weight excluding hydrogens is 236 g/mol. The van der Waals surface area contributed by atoms with Crippen molar-refractivity contribution in [3.8, 4) is 0 Å². The lowest BCUT2D eigenvalue weighted by molar-refractivity contribution is -0.171. The molecule has 104 valence electrons. The Kier molecular flexibility index (Phi) is 2.57. The minimum atomic E-state index is -0.435. The van der Waals surface area contributed by atoms with Gasteiger partial charge >= 0.3 is 0 Å². The molecule has 0 aliphatic heterocycles. The van der Waals surface area contributed by atoms with E-state index in [2.05, 4.69) is 18.2 Å². The van der Waals surface area contributed by atoms with Crippen LogP contribution in [0.5, 0.6) is 0 Å². The zero-order valence-electron chi connectivity index (χ0n) is 11.8. The van der Waals surface area contributed by atoms with Gasteiger partial charge in [-0.3, -0.25) is 4.68 Å². The highest BCUT2D eigenvalue weighted by Crippen LogP contribution is 2.58. The molecule has 3 nitrogen and oxygen atoms in total. The van der Waals surface area contributed by atoms with Gasteiger partial charge in [-0.15, -0.1) is 0 Å². The van der Waals surface area contributed by atoms with Gasteiger partial charge in [-0.1, -0.05) is 0 Å². The summed E-state index contributed by atoms with van der Waals surface area (Å²) in [6.45, 7) is 3.02. The van der Waals surface area contributed by atoms with Crippen molar-refractivity contribution < 1.29 is 5.11 Å². The molecule has 1 N–H and O–H groups in total. The molecule has 1 heterocycles. The van der Waals surface area contributed by atoms with Crippen molar-refractivity contribution in [3.05, 3.63) is 18.0 Å². The molecule has 0 saturated heterocycles. The first kappa shape index (κ1) is 12.0. The second-order valence-electron chi connectivity index (χ2n) is 7.18. The molecule has 4 fully saturated rings. The van der Waals surface area contributed by atoms with Crippen molar-refractivity contribution in [2.75, 3.05) is 0 Å². The molecule has 0 amide bonds. The fraction of sp³-hybridized carbons (Fsp3) is 0.812. The monoisotopic (exact) mass is 260 g/mol. The quantitative estimate of drug-likeness (QED) is 0.907. The van der Waals surface area contributed by atoms with Crippen molar-refractivity contribution >= 4 is 0 Å². The Morgan fingerprint density at radius 2 is 1.84 bits per heavy atom. The zero-order chi connectivity index (χ0) is 13.0. The molecule has 0 atom stereocenters. The van der Waals surface area contributed by atoms with E-state index in [0.717, 1.165) is 24.8 Å². The van der Waals surface area contributed by atoms with Crippen molar-refractivity contribution in [1.29, 1.82) is 0 Å². The van der Waals surface area contributed by atoms with Gasteiger partial charge in [-0.2, -0.15) is 5.10 Å². The van der Waals surface area contributed by atoms with E-state index in [0.29, 0.717) is 11.8 Å². The lowest BCUT2D eigenvalue weighted by Crippen LogP contribution is -2.58.